The van der Waals surface area contributed by atoms with Crippen LogP contribution in [0.1, 0.15) is 23.7 Å². The van der Waals surface area contributed by atoms with E-state index in [-0.39, 0.29) is 18.7 Å². The Labute approximate surface area is 123 Å². The first-order valence-corrected chi connectivity index (χ1v) is 6.73. The predicted octanol–water partition coefficient (Wildman–Crippen LogP) is 2.11. The molecule has 1 heterocycles. The zero-order chi connectivity index (χ0) is 15.1. The number of amides is 1. The van der Waals surface area contributed by atoms with Crippen LogP contribution in [-0.2, 0) is 4.74 Å². The molecule has 21 heavy (non-hydrogen) atoms. The Balaban J connectivity index is 2.05. The van der Waals surface area contributed by atoms with E-state index < -0.39 is 0 Å². The summed E-state index contributed by atoms with van der Waals surface area (Å²) in [5.41, 5.74) is 0.450. The van der Waals surface area contributed by atoms with Gasteiger partial charge in [-0.05, 0) is 24.6 Å². The van der Waals surface area contributed by atoms with E-state index in [1.165, 1.54) is 0 Å². The Morgan fingerprint density at radius 3 is 3.05 bits per heavy atom. The molecule has 0 bridgehead atoms. The van der Waals surface area contributed by atoms with Gasteiger partial charge in [0.05, 0.1) is 13.2 Å². The van der Waals surface area contributed by atoms with Gasteiger partial charge in [0.2, 0.25) is 6.79 Å². The standard InChI is InChI=1S/C15H18N2O4/c1-3-7-16-15(19-8-4-2)17-14(18)11-5-6-12-13(9-11)21-10-20-12/h3,5-6,9H,1,4,7-8,10H2,2H3,(H,16,17,18). The molecule has 1 aromatic carbocycles. The van der Waals surface area contributed by atoms with E-state index in [9.17, 15) is 4.79 Å². The van der Waals surface area contributed by atoms with Gasteiger partial charge in [0.15, 0.2) is 11.5 Å². The maximum atomic E-state index is 12.2. The summed E-state index contributed by atoms with van der Waals surface area (Å²) in [4.78, 5) is 16.3. The maximum absolute atomic E-state index is 12.2. The Hall–Kier alpha value is -2.50. The molecule has 6 nitrogen and oxygen atoms in total. The van der Waals surface area contributed by atoms with Crippen molar-refractivity contribution in [2.24, 2.45) is 4.99 Å². The van der Waals surface area contributed by atoms with E-state index in [0.29, 0.717) is 30.2 Å². The van der Waals surface area contributed by atoms with Crippen LogP contribution >= 0.6 is 0 Å². The number of fused-ring (bicyclic) bond motifs is 1. The van der Waals surface area contributed by atoms with E-state index in [0.717, 1.165) is 6.42 Å². The van der Waals surface area contributed by atoms with Gasteiger partial charge in [-0.25, -0.2) is 4.99 Å². The fourth-order valence-corrected chi connectivity index (χ4v) is 1.67. The molecule has 0 radical (unpaired) electrons. The van der Waals surface area contributed by atoms with Crippen molar-refractivity contribution >= 4 is 11.9 Å². The van der Waals surface area contributed by atoms with E-state index >= 15 is 0 Å². The van der Waals surface area contributed by atoms with Gasteiger partial charge in [0.25, 0.3) is 11.9 Å². The van der Waals surface area contributed by atoms with Crippen LogP contribution in [0.5, 0.6) is 11.5 Å². The normalized spacial score (nSPS) is 12.9. The molecule has 1 aliphatic rings. The van der Waals surface area contributed by atoms with Crippen molar-refractivity contribution in [3.63, 3.8) is 0 Å². The molecule has 1 aromatic rings. The summed E-state index contributed by atoms with van der Waals surface area (Å²) in [5.74, 6) is 0.878. The van der Waals surface area contributed by atoms with Crippen molar-refractivity contribution in [2.45, 2.75) is 13.3 Å². The summed E-state index contributed by atoms with van der Waals surface area (Å²) in [7, 11) is 0. The second kappa shape index (κ2) is 7.33. The van der Waals surface area contributed by atoms with Crippen LogP contribution in [0.25, 0.3) is 0 Å². The molecule has 0 spiro atoms. The molecule has 1 amide bonds. The lowest BCUT2D eigenvalue weighted by atomic mass is 10.2. The highest BCUT2D eigenvalue weighted by Gasteiger charge is 2.17. The highest BCUT2D eigenvalue weighted by Crippen LogP contribution is 2.32. The van der Waals surface area contributed by atoms with Crippen molar-refractivity contribution < 1.29 is 19.0 Å². The summed E-state index contributed by atoms with van der Waals surface area (Å²) in [6.07, 6.45) is 2.45. The lowest BCUT2D eigenvalue weighted by Gasteiger charge is -2.10. The zero-order valence-electron chi connectivity index (χ0n) is 11.9. The minimum atomic E-state index is -0.313. The third-order valence-corrected chi connectivity index (χ3v) is 2.66. The van der Waals surface area contributed by atoms with Gasteiger partial charge in [0.1, 0.15) is 0 Å². The number of aliphatic imine (C=N–C) groups is 1. The fourth-order valence-electron chi connectivity index (χ4n) is 1.67. The molecule has 112 valence electrons. The average molecular weight is 290 g/mol. The third kappa shape index (κ3) is 3.98. The molecule has 0 fully saturated rings. The van der Waals surface area contributed by atoms with Gasteiger partial charge >= 0.3 is 0 Å². The average Bonchev–Trinajstić information content (AvgIpc) is 2.97. The van der Waals surface area contributed by atoms with Crippen LogP contribution in [0.3, 0.4) is 0 Å². The number of hydrogen-bond acceptors (Lipinski definition) is 5. The molecule has 6 heteroatoms. The number of hydrogen-bond donors (Lipinski definition) is 1. The number of nitrogens with zero attached hydrogens (tertiary/aromatic N) is 1. The summed E-state index contributed by atoms with van der Waals surface area (Å²) in [6, 6.07) is 5.18. The van der Waals surface area contributed by atoms with Crippen molar-refractivity contribution in [1.29, 1.82) is 0 Å². The third-order valence-electron chi connectivity index (χ3n) is 2.66. The van der Waals surface area contributed by atoms with Crippen molar-refractivity contribution in [2.75, 3.05) is 19.9 Å². The van der Waals surface area contributed by atoms with E-state index in [2.05, 4.69) is 16.9 Å². The van der Waals surface area contributed by atoms with E-state index in [4.69, 9.17) is 14.2 Å². The molecule has 0 atom stereocenters. The van der Waals surface area contributed by atoms with Crippen molar-refractivity contribution in [3.8, 4) is 11.5 Å². The van der Waals surface area contributed by atoms with Crippen LogP contribution in [0, 0.1) is 0 Å². The first kappa shape index (κ1) is 14.9. The first-order valence-electron chi connectivity index (χ1n) is 6.73. The zero-order valence-corrected chi connectivity index (χ0v) is 11.9. The summed E-state index contributed by atoms with van der Waals surface area (Å²) >= 11 is 0. The van der Waals surface area contributed by atoms with Crippen LogP contribution in [-0.4, -0.2) is 31.9 Å². The largest absolute Gasteiger partial charge is 0.465 e. The minimum Gasteiger partial charge on any atom is -0.465 e. The maximum Gasteiger partial charge on any atom is 0.292 e. The Morgan fingerprint density at radius 1 is 1.48 bits per heavy atom. The van der Waals surface area contributed by atoms with E-state index in [1.807, 2.05) is 6.92 Å². The molecular weight excluding hydrogens is 272 g/mol. The second-order valence-corrected chi connectivity index (χ2v) is 4.31. The van der Waals surface area contributed by atoms with Crippen molar-refractivity contribution in [1.82, 2.24) is 5.32 Å². The minimum absolute atomic E-state index is 0.173. The highest BCUT2D eigenvalue weighted by molar-refractivity contribution is 6.04. The molecule has 0 saturated carbocycles. The van der Waals surface area contributed by atoms with Crippen molar-refractivity contribution in [3.05, 3.63) is 36.4 Å². The highest BCUT2D eigenvalue weighted by atomic mass is 16.7. The first-order chi connectivity index (χ1) is 10.2. The lowest BCUT2D eigenvalue weighted by molar-refractivity contribution is 0.0965. The monoisotopic (exact) mass is 290 g/mol. The molecule has 0 aromatic heterocycles. The summed E-state index contributed by atoms with van der Waals surface area (Å²) in [6.45, 7) is 6.59. The number of amidine groups is 1. The lowest BCUT2D eigenvalue weighted by Crippen LogP contribution is -2.33. The number of benzene rings is 1. The van der Waals surface area contributed by atoms with Crippen LogP contribution in [0.2, 0.25) is 0 Å². The molecule has 1 N–H and O–H groups in total. The SMILES string of the molecule is C=CCN=C(NC(=O)c1ccc2c(c1)OCO2)OCCC. The number of carbonyl (C=O) groups excluding carboxylic acids is 1. The fraction of sp³-hybridized carbons (Fsp3) is 0.333. The van der Waals surface area contributed by atoms with Crippen LogP contribution in [0.15, 0.2) is 35.8 Å². The van der Waals surface area contributed by atoms with Gasteiger partial charge < -0.3 is 14.2 Å². The van der Waals surface area contributed by atoms with Gasteiger partial charge in [-0.3, -0.25) is 10.1 Å². The van der Waals surface area contributed by atoms with Gasteiger partial charge in [0, 0.05) is 5.56 Å². The quantitative estimate of drug-likeness (QED) is 0.512. The Kier molecular flexibility index (Phi) is 5.20. The van der Waals surface area contributed by atoms with Gasteiger partial charge in [-0.2, -0.15) is 0 Å². The topological polar surface area (TPSA) is 69.2 Å². The van der Waals surface area contributed by atoms with Crippen LogP contribution < -0.4 is 14.8 Å². The smallest absolute Gasteiger partial charge is 0.292 e. The molecule has 0 saturated heterocycles. The van der Waals surface area contributed by atoms with Gasteiger partial charge in [-0.15, -0.1) is 6.58 Å². The number of nitrogens with one attached hydrogen (secondary N) is 1. The summed E-state index contributed by atoms with van der Waals surface area (Å²) < 4.78 is 15.8. The van der Waals surface area contributed by atoms with Gasteiger partial charge in [-0.1, -0.05) is 13.0 Å². The molecule has 0 unspecified atom stereocenters. The predicted molar refractivity (Wildman–Crippen MR) is 78.8 cm³/mol. The molecular formula is C15H18N2O4. The van der Waals surface area contributed by atoms with E-state index in [1.54, 1.807) is 24.3 Å². The molecule has 0 aliphatic carbocycles. The number of carbonyl (C=O) groups is 1. The second-order valence-electron chi connectivity index (χ2n) is 4.31. The molecule has 2 rings (SSSR count). The summed E-state index contributed by atoms with van der Waals surface area (Å²) in [5, 5.41) is 2.64. The van der Waals surface area contributed by atoms with Crippen LogP contribution in [0.4, 0.5) is 0 Å². The number of ether oxygens (including phenoxy) is 3. The number of rotatable bonds is 5. The Morgan fingerprint density at radius 2 is 2.29 bits per heavy atom. The Bertz CT molecular complexity index is 555. The molecule has 1 aliphatic heterocycles.